The van der Waals surface area contributed by atoms with Gasteiger partial charge in [-0.15, -0.1) is 0 Å². The molecule has 0 aromatic heterocycles. The molecule has 1 unspecified atom stereocenters. The van der Waals surface area contributed by atoms with Crippen molar-refractivity contribution in [3.63, 3.8) is 0 Å². The quantitative estimate of drug-likeness (QED) is 0.613. The number of fused-ring (bicyclic) bond motifs is 3. The van der Waals surface area contributed by atoms with E-state index in [2.05, 4.69) is 29.6 Å². The number of carbonyl (C=O) groups is 3. The Labute approximate surface area is 200 Å². The third-order valence-electron chi connectivity index (χ3n) is 7.21. The van der Waals surface area contributed by atoms with Gasteiger partial charge in [0.05, 0.1) is 5.92 Å². The summed E-state index contributed by atoms with van der Waals surface area (Å²) in [5.41, 5.74) is 4.63. The first kappa shape index (κ1) is 23.8. The number of benzene rings is 2. The molecule has 0 spiro atoms. The highest BCUT2D eigenvalue weighted by Gasteiger charge is 2.38. The fraction of sp³-hybridized carbons (Fsp3) is 0.444. The monoisotopic (exact) mass is 464 g/mol. The number of hydrogen-bond acceptors (Lipinski definition) is 4. The lowest BCUT2D eigenvalue weighted by Crippen LogP contribution is -2.55. The lowest BCUT2D eigenvalue weighted by atomic mass is 9.86. The minimum absolute atomic E-state index is 0.0194. The van der Waals surface area contributed by atoms with Gasteiger partial charge in [-0.2, -0.15) is 0 Å². The number of carboxylic acid groups (broad SMARTS) is 1. The first-order chi connectivity index (χ1) is 16.3. The number of alkyl carbamates (subject to hydrolysis) is 1. The van der Waals surface area contributed by atoms with Crippen LogP contribution in [-0.4, -0.2) is 53.7 Å². The van der Waals surface area contributed by atoms with Crippen molar-refractivity contribution in [1.82, 2.24) is 10.2 Å². The Kier molecular flexibility index (Phi) is 6.91. The van der Waals surface area contributed by atoms with Gasteiger partial charge < -0.3 is 20.1 Å². The highest BCUT2D eigenvalue weighted by Crippen LogP contribution is 2.44. The molecule has 1 saturated heterocycles. The van der Waals surface area contributed by atoms with Gasteiger partial charge in [0.1, 0.15) is 6.61 Å². The van der Waals surface area contributed by atoms with E-state index in [0.29, 0.717) is 13.1 Å². The zero-order chi connectivity index (χ0) is 24.4. The third-order valence-corrected chi connectivity index (χ3v) is 7.21. The van der Waals surface area contributed by atoms with E-state index in [-0.39, 0.29) is 42.7 Å². The number of carbonyl (C=O) groups excluding carboxylic acids is 2. The molecule has 34 heavy (non-hydrogen) atoms. The Bertz CT molecular complexity index is 1030. The van der Waals surface area contributed by atoms with E-state index in [1.54, 1.807) is 11.8 Å². The topological polar surface area (TPSA) is 95.9 Å². The summed E-state index contributed by atoms with van der Waals surface area (Å²) in [6.07, 6.45) is -0.370. The molecule has 2 aromatic carbocycles. The Morgan fingerprint density at radius 1 is 1.00 bits per heavy atom. The van der Waals surface area contributed by atoms with E-state index in [4.69, 9.17) is 9.84 Å². The second kappa shape index (κ2) is 9.87. The van der Waals surface area contributed by atoms with Gasteiger partial charge in [0.25, 0.3) is 0 Å². The summed E-state index contributed by atoms with van der Waals surface area (Å²) < 4.78 is 5.64. The van der Waals surface area contributed by atoms with Gasteiger partial charge in [-0.05, 0) is 28.2 Å². The van der Waals surface area contributed by atoms with Crippen LogP contribution in [0.3, 0.4) is 0 Å². The van der Waals surface area contributed by atoms with Gasteiger partial charge in [0, 0.05) is 37.4 Å². The van der Waals surface area contributed by atoms with E-state index < -0.39 is 18.0 Å². The first-order valence-corrected chi connectivity index (χ1v) is 11.9. The lowest BCUT2D eigenvalue weighted by Gasteiger charge is -2.42. The van der Waals surface area contributed by atoms with Crippen LogP contribution in [0.25, 0.3) is 11.1 Å². The smallest absolute Gasteiger partial charge is 0.407 e. The standard InChI is InChI=1S/C27H32N2O5/c1-16(2)24(12-25(30)29-13-18(14-29)17(3)26(31)32)28-27(33)34-15-23-21-10-6-4-8-19(21)20-9-5-7-11-22(20)23/h4-11,16-18,23-24H,12-15H2,1-3H3,(H,28,33)(H,31,32)/t17?,24-/m1/s1. The van der Waals surface area contributed by atoms with Gasteiger partial charge in [-0.25, -0.2) is 4.79 Å². The van der Waals surface area contributed by atoms with Crippen molar-refractivity contribution in [2.75, 3.05) is 19.7 Å². The molecule has 1 aliphatic heterocycles. The van der Waals surface area contributed by atoms with Crippen LogP contribution >= 0.6 is 0 Å². The van der Waals surface area contributed by atoms with Crippen molar-refractivity contribution in [3.8, 4) is 11.1 Å². The molecular weight excluding hydrogens is 432 g/mol. The Hall–Kier alpha value is -3.35. The molecule has 7 heteroatoms. The van der Waals surface area contributed by atoms with Crippen LogP contribution in [-0.2, 0) is 14.3 Å². The molecule has 0 saturated carbocycles. The number of ether oxygens (including phenoxy) is 1. The number of amides is 2. The number of carboxylic acids is 1. The second-order valence-corrected chi connectivity index (χ2v) is 9.71. The van der Waals surface area contributed by atoms with Crippen LogP contribution in [0.1, 0.15) is 44.2 Å². The number of hydrogen-bond donors (Lipinski definition) is 2. The third kappa shape index (κ3) is 4.79. The molecular formula is C27H32N2O5. The van der Waals surface area contributed by atoms with Crippen molar-refractivity contribution in [2.45, 2.75) is 39.2 Å². The average Bonchev–Trinajstić information content (AvgIpc) is 3.09. The summed E-state index contributed by atoms with van der Waals surface area (Å²) in [5.74, 6) is -1.38. The summed E-state index contributed by atoms with van der Waals surface area (Å²) in [6, 6.07) is 16.0. The maximum Gasteiger partial charge on any atom is 0.407 e. The van der Waals surface area contributed by atoms with Crippen LogP contribution in [0.15, 0.2) is 48.5 Å². The molecule has 2 aromatic rings. The van der Waals surface area contributed by atoms with Crippen LogP contribution in [0, 0.1) is 17.8 Å². The number of aliphatic carboxylic acids is 1. The highest BCUT2D eigenvalue weighted by atomic mass is 16.5. The van der Waals surface area contributed by atoms with Crippen LogP contribution in [0.4, 0.5) is 4.79 Å². The van der Waals surface area contributed by atoms with Crippen molar-refractivity contribution in [2.24, 2.45) is 17.8 Å². The van der Waals surface area contributed by atoms with Crippen LogP contribution in [0.5, 0.6) is 0 Å². The van der Waals surface area contributed by atoms with E-state index in [0.717, 1.165) is 11.1 Å². The summed E-state index contributed by atoms with van der Waals surface area (Å²) in [5, 5.41) is 12.0. The molecule has 1 aliphatic carbocycles. The summed E-state index contributed by atoms with van der Waals surface area (Å²) in [7, 11) is 0. The minimum atomic E-state index is -0.839. The van der Waals surface area contributed by atoms with Gasteiger partial charge in [0.2, 0.25) is 5.91 Å². The van der Waals surface area contributed by atoms with E-state index in [9.17, 15) is 14.4 Å². The predicted octanol–water partition coefficient (Wildman–Crippen LogP) is 4.12. The van der Waals surface area contributed by atoms with Gasteiger partial charge >= 0.3 is 12.1 Å². The number of nitrogens with one attached hydrogen (secondary N) is 1. The fourth-order valence-corrected chi connectivity index (χ4v) is 4.80. The zero-order valence-electron chi connectivity index (χ0n) is 19.9. The minimum Gasteiger partial charge on any atom is -0.481 e. The maximum absolute atomic E-state index is 12.7. The first-order valence-electron chi connectivity index (χ1n) is 11.9. The van der Waals surface area contributed by atoms with Gasteiger partial charge in [-0.3, -0.25) is 9.59 Å². The lowest BCUT2D eigenvalue weighted by molar-refractivity contribution is -0.150. The Morgan fingerprint density at radius 2 is 1.56 bits per heavy atom. The highest BCUT2D eigenvalue weighted by molar-refractivity contribution is 5.80. The summed E-state index contributed by atoms with van der Waals surface area (Å²) >= 11 is 0. The van der Waals surface area contributed by atoms with Crippen LogP contribution < -0.4 is 5.32 Å². The Balaban J connectivity index is 1.32. The Morgan fingerprint density at radius 3 is 2.09 bits per heavy atom. The second-order valence-electron chi connectivity index (χ2n) is 9.71. The van der Waals surface area contributed by atoms with E-state index in [1.807, 2.05) is 38.1 Å². The SMILES string of the molecule is CC(C(=O)O)C1CN(C(=O)C[C@@H](NC(=O)OCC2c3ccccc3-c3ccccc32)C(C)C)C1. The molecule has 2 N–H and O–H groups in total. The fourth-order valence-electron chi connectivity index (χ4n) is 4.80. The molecule has 0 radical (unpaired) electrons. The molecule has 0 bridgehead atoms. The molecule has 2 atom stereocenters. The normalized spacial score (nSPS) is 16.9. The molecule has 180 valence electrons. The average molecular weight is 465 g/mol. The molecule has 2 aliphatic rings. The predicted molar refractivity (Wildman–Crippen MR) is 128 cm³/mol. The largest absolute Gasteiger partial charge is 0.481 e. The maximum atomic E-state index is 12.7. The number of nitrogens with zero attached hydrogens (tertiary/aromatic N) is 1. The summed E-state index contributed by atoms with van der Waals surface area (Å²) in [4.78, 5) is 38.1. The van der Waals surface area contributed by atoms with E-state index >= 15 is 0 Å². The molecule has 7 nitrogen and oxygen atoms in total. The van der Waals surface area contributed by atoms with Crippen molar-refractivity contribution in [3.05, 3.63) is 59.7 Å². The molecule has 2 amide bonds. The number of rotatable bonds is 8. The van der Waals surface area contributed by atoms with Crippen molar-refractivity contribution in [1.29, 1.82) is 0 Å². The zero-order valence-corrected chi connectivity index (χ0v) is 19.9. The molecule has 1 fully saturated rings. The van der Waals surface area contributed by atoms with Crippen molar-refractivity contribution >= 4 is 18.0 Å². The van der Waals surface area contributed by atoms with E-state index in [1.165, 1.54) is 11.1 Å². The van der Waals surface area contributed by atoms with Crippen molar-refractivity contribution < 1.29 is 24.2 Å². The van der Waals surface area contributed by atoms with Gasteiger partial charge in [0.15, 0.2) is 0 Å². The van der Waals surface area contributed by atoms with Gasteiger partial charge in [-0.1, -0.05) is 69.3 Å². The van der Waals surface area contributed by atoms with Crippen LogP contribution in [0.2, 0.25) is 0 Å². The summed E-state index contributed by atoms with van der Waals surface area (Å²) in [6.45, 7) is 6.69. The molecule has 1 heterocycles. The number of likely N-dealkylation sites (tertiary alicyclic amines) is 1. The molecule has 4 rings (SSSR count).